The summed E-state index contributed by atoms with van der Waals surface area (Å²) < 4.78 is 1.12. The molecule has 1 aromatic carbocycles. The van der Waals surface area contributed by atoms with Gasteiger partial charge in [0.05, 0.1) is 0 Å². The number of benzene rings is 1. The summed E-state index contributed by atoms with van der Waals surface area (Å²) in [4.78, 5) is 6.49. The van der Waals surface area contributed by atoms with Crippen molar-refractivity contribution in [2.75, 3.05) is 18.5 Å². The fourth-order valence-electron chi connectivity index (χ4n) is 2.18. The second kappa shape index (κ2) is 7.41. The Morgan fingerprint density at radius 1 is 1.30 bits per heavy atom. The standard InChI is InChI=1S/C16H20BrN3/c1-3-18-10-14-11-19-8-7-16(14)20(2)12-13-5-4-6-15(17)9-13/h4-9,11,18H,3,10,12H2,1-2H3. The molecule has 1 heterocycles. The molecule has 0 aliphatic carbocycles. The molecule has 3 nitrogen and oxygen atoms in total. The smallest absolute Gasteiger partial charge is 0.0443 e. The van der Waals surface area contributed by atoms with E-state index in [0.29, 0.717) is 0 Å². The monoisotopic (exact) mass is 333 g/mol. The van der Waals surface area contributed by atoms with Gasteiger partial charge in [-0.3, -0.25) is 4.98 Å². The van der Waals surface area contributed by atoms with Gasteiger partial charge in [-0.2, -0.15) is 0 Å². The summed E-state index contributed by atoms with van der Waals surface area (Å²) in [7, 11) is 2.12. The van der Waals surface area contributed by atoms with Crippen molar-refractivity contribution in [3.8, 4) is 0 Å². The van der Waals surface area contributed by atoms with Gasteiger partial charge in [0.2, 0.25) is 0 Å². The molecule has 1 N–H and O–H groups in total. The number of nitrogens with zero attached hydrogens (tertiary/aromatic N) is 2. The van der Waals surface area contributed by atoms with Gasteiger partial charge >= 0.3 is 0 Å². The minimum absolute atomic E-state index is 0.850. The zero-order valence-electron chi connectivity index (χ0n) is 11.9. The first-order valence-corrected chi connectivity index (χ1v) is 7.59. The fourth-order valence-corrected chi connectivity index (χ4v) is 2.63. The number of nitrogens with one attached hydrogen (secondary N) is 1. The molecule has 0 aliphatic rings. The lowest BCUT2D eigenvalue weighted by Crippen LogP contribution is -2.20. The Hall–Kier alpha value is -1.39. The van der Waals surface area contributed by atoms with E-state index in [1.165, 1.54) is 16.8 Å². The summed E-state index contributed by atoms with van der Waals surface area (Å²) in [6.07, 6.45) is 3.79. The van der Waals surface area contributed by atoms with Crippen LogP contribution in [-0.2, 0) is 13.1 Å². The first-order chi connectivity index (χ1) is 9.70. The van der Waals surface area contributed by atoms with Crippen molar-refractivity contribution in [2.45, 2.75) is 20.0 Å². The van der Waals surface area contributed by atoms with Crippen molar-refractivity contribution in [3.63, 3.8) is 0 Å². The highest BCUT2D eigenvalue weighted by Crippen LogP contribution is 2.21. The molecule has 0 saturated carbocycles. The van der Waals surface area contributed by atoms with E-state index in [0.717, 1.165) is 24.1 Å². The van der Waals surface area contributed by atoms with Crippen molar-refractivity contribution in [2.24, 2.45) is 0 Å². The van der Waals surface area contributed by atoms with Crippen molar-refractivity contribution < 1.29 is 0 Å². The first-order valence-electron chi connectivity index (χ1n) is 6.80. The van der Waals surface area contributed by atoms with Crippen LogP contribution in [0.3, 0.4) is 0 Å². The van der Waals surface area contributed by atoms with Gasteiger partial charge in [0.15, 0.2) is 0 Å². The van der Waals surface area contributed by atoms with E-state index in [1.54, 1.807) is 0 Å². The van der Waals surface area contributed by atoms with Crippen LogP contribution in [0.25, 0.3) is 0 Å². The number of pyridine rings is 1. The molecule has 0 bridgehead atoms. The van der Waals surface area contributed by atoms with Crippen molar-refractivity contribution in [1.29, 1.82) is 0 Å². The predicted molar refractivity (Wildman–Crippen MR) is 87.9 cm³/mol. The highest BCUT2D eigenvalue weighted by Gasteiger charge is 2.08. The Labute approximate surface area is 129 Å². The molecular formula is C16H20BrN3. The molecule has 0 amide bonds. The number of hydrogen-bond donors (Lipinski definition) is 1. The van der Waals surface area contributed by atoms with Crippen LogP contribution < -0.4 is 10.2 Å². The Kier molecular flexibility index (Phi) is 5.56. The lowest BCUT2D eigenvalue weighted by Gasteiger charge is -2.22. The van der Waals surface area contributed by atoms with Crippen LogP contribution in [0.2, 0.25) is 0 Å². The third-order valence-electron chi connectivity index (χ3n) is 3.16. The van der Waals surface area contributed by atoms with E-state index in [1.807, 2.05) is 18.5 Å². The normalized spacial score (nSPS) is 10.6. The van der Waals surface area contributed by atoms with Gasteiger partial charge in [-0.15, -0.1) is 0 Å². The molecule has 0 unspecified atom stereocenters. The summed E-state index contributed by atoms with van der Waals surface area (Å²) in [6, 6.07) is 10.5. The third kappa shape index (κ3) is 4.05. The van der Waals surface area contributed by atoms with E-state index < -0.39 is 0 Å². The minimum Gasteiger partial charge on any atom is -0.370 e. The molecule has 106 valence electrons. The van der Waals surface area contributed by atoms with Gasteiger partial charge in [-0.05, 0) is 30.3 Å². The molecule has 0 radical (unpaired) electrons. The van der Waals surface area contributed by atoms with E-state index in [4.69, 9.17) is 0 Å². The van der Waals surface area contributed by atoms with Gasteiger partial charge in [-0.1, -0.05) is 35.0 Å². The highest BCUT2D eigenvalue weighted by atomic mass is 79.9. The molecule has 0 aliphatic heterocycles. The topological polar surface area (TPSA) is 28.2 Å². The average molecular weight is 334 g/mol. The van der Waals surface area contributed by atoms with E-state index in [-0.39, 0.29) is 0 Å². The van der Waals surface area contributed by atoms with Crippen LogP contribution in [0.4, 0.5) is 5.69 Å². The van der Waals surface area contributed by atoms with Crippen LogP contribution in [0.1, 0.15) is 18.1 Å². The zero-order valence-corrected chi connectivity index (χ0v) is 13.5. The SMILES string of the molecule is CCNCc1cnccc1N(C)Cc1cccc(Br)c1. The maximum absolute atomic E-state index is 4.23. The minimum atomic E-state index is 0.850. The van der Waals surface area contributed by atoms with Gasteiger partial charge < -0.3 is 10.2 Å². The lowest BCUT2D eigenvalue weighted by atomic mass is 10.1. The zero-order chi connectivity index (χ0) is 14.4. The van der Waals surface area contributed by atoms with E-state index in [9.17, 15) is 0 Å². The van der Waals surface area contributed by atoms with Crippen LogP contribution in [0.5, 0.6) is 0 Å². The molecule has 0 fully saturated rings. The molecule has 4 heteroatoms. The van der Waals surface area contributed by atoms with Gasteiger partial charge in [0, 0.05) is 48.3 Å². The van der Waals surface area contributed by atoms with Crippen molar-refractivity contribution in [1.82, 2.24) is 10.3 Å². The second-order valence-electron chi connectivity index (χ2n) is 4.77. The molecule has 0 atom stereocenters. The summed E-state index contributed by atoms with van der Waals surface area (Å²) in [6.45, 7) is 4.80. The van der Waals surface area contributed by atoms with Crippen LogP contribution in [0.15, 0.2) is 47.2 Å². The number of anilines is 1. The molecule has 20 heavy (non-hydrogen) atoms. The van der Waals surface area contributed by atoms with Gasteiger partial charge in [0.1, 0.15) is 0 Å². The van der Waals surface area contributed by atoms with Gasteiger partial charge in [0.25, 0.3) is 0 Å². The maximum Gasteiger partial charge on any atom is 0.0443 e. The van der Waals surface area contributed by atoms with Crippen LogP contribution in [-0.4, -0.2) is 18.6 Å². The number of aromatic nitrogens is 1. The maximum atomic E-state index is 4.23. The Balaban J connectivity index is 2.14. The summed E-state index contributed by atoms with van der Waals surface area (Å²) in [5.41, 5.74) is 3.74. The Morgan fingerprint density at radius 2 is 2.15 bits per heavy atom. The highest BCUT2D eigenvalue weighted by molar-refractivity contribution is 9.10. The fraction of sp³-hybridized carbons (Fsp3) is 0.312. The first kappa shape index (κ1) is 15.0. The quantitative estimate of drug-likeness (QED) is 0.875. The number of rotatable bonds is 6. The molecular weight excluding hydrogens is 314 g/mol. The Bertz CT molecular complexity index is 557. The predicted octanol–water partition coefficient (Wildman–Crippen LogP) is 3.59. The van der Waals surface area contributed by atoms with E-state index >= 15 is 0 Å². The molecule has 2 rings (SSSR count). The summed E-state index contributed by atoms with van der Waals surface area (Å²) in [5.74, 6) is 0. The summed E-state index contributed by atoms with van der Waals surface area (Å²) >= 11 is 3.52. The molecule has 0 spiro atoms. The second-order valence-corrected chi connectivity index (χ2v) is 5.69. The van der Waals surface area contributed by atoms with E-state index in [2.05, 4.69) is 69.4 Å². The van der Waals surface area contributed by atoms with Crippen molar-refractivity contribution >= 4 is 21.6 Å². The largest absolute Gasteiger partial charge is 0.370 e. The van der Waals surface area contributed by atoms with Crippen molar-refractivity contribution in [3.05, 3.63) is 58.3 Å². The lowest BCUT2D eigenvalue weighted by molar-refractivity contribution is 0.720. The molecule has 2 aromatic rings. The van der Waals surface area contributed by atoms with Crippen LogP contribution >= 0.6 is 15.9 Å². The summed E-state index contributed by atoms with van der Waals surface area (Å²) in [5, 5.41) is 3.36. The average Bonchev–Trinajstić information content (AvgIpc) is 2.45. The number of hydrogen-bond acceptors (Lipinski definition) is 3. The molecule has 1 aromatic heterocycles. The molecule has 0 saturated heterocycles. The number of halogens is 1. The van der Waals surface area contributed by atoms with Gasteiger partial charge in [-0.25, -0.2) is 0 Å². The third-order valence-corrected chi connectivity index (χ3v) is 3.66. The Morgan fingerprint density at radius 3 is 2.90 bits per heavy atom. The van der Waals surface area contributed by atoms with Crippen LogP contribution in [0, 0.1) is 0 Å².